The van der Waals surface area contributed by atoms with Crippen LogP contribution in [0.25, 0.3) is 11.3 Å². The molecule has 8 heteroatoms. The van der Waals surface area contributed by atoms with E-state index in [2.05, 4.69) is 9.84 Å². The fraction of sp³-hybridized carbons (Fsp3) is 0.438. The molecule has 24 heavy (non-hydrogen) atoms. The fourth-order valence-corrected chi connectivity index (χ4v) is 2.69. The summed E-state index contributed by atoms with van der Waals surface area (Å²) in [7, 11) is 0. The summed E-state index contributed by atoms with van der Waals surface area (Å²) in [5.41, 5.74) is 1.80. The Labute approximate surface area is 136 Å². The molecule has 1 aromatic carbocycles. The average molecular weight is 342 g/mol. The van der Waals surface area contributed by atoms with Crippen LogP contribution >= 0.6 is 0 Å². The molecule has 0 bridgehead atoms. The number of aliphatic hydroxyl groups excluding tert-OH is 1. The van der Waals surface area contributed by atoms with E-state index in [0.717, 1.165) is 19.3 Å². The van der Waals surface area contributed by atoms with Gasteiger partial charge in [0.15, 0.2) is 6.23 Å². The van der Waals surface area contributed by atoms with Gasteiger partial charge in [-0.15, -0.1) is 13.2 Å². The van der Waals surface area contributed by atoms with E-state index in [0.29, 0.717) is 23.6 Å². The number of rotatable bonds is 4. The van der Waals surface area contributed by atoms with E-state index in [4.69, 9.17) is 4.74 Å². The summed E-state index contributed by atoms with van der Waals surface area (Å²) in [5.74, 6) is -0.288. The molecule has 3 rings (SSSR count). The Hall–Kier alpha value is -2.06. The van der Waals surface area contributed by atoms with Crippen LogP contribution in [0.2, 0.25) is 0 Å². The quantitative estimate of drug-likeness (QED) is 0.922. The van der Waals surface area contributed by atoms with Crippen LogP contribution in [0.1, 0.15) is 31.2 Å². The van der Waals surface area contributed by atoms with Gasteiger partial charge >= 0.3 is 6.36 Å². The summed E-state index contributed by atoms with van der Waals surface area (Å²) in [4.78, 5) is 0. The van der Waals surface area contributed by atoms with E-state index in [-0.39, 0.29) is 18.6 Å². The van der Waals surface area contributed by atoms with E-state index < -0.39 is 6.36 Å². The first kappa shape index (κ1) is 16.8. The Bertz CT molecular complexity index is 677. The van der Waals surface area contributed by atoms with Crippen LogP contribution in [0.15, 0.2) is 30.3 Å². The van der Waals surface area contributed by atoms with Gasteiger partial charge in [0.2, 0.25) is 0 Å². The molecule has 1 aliphatic rings. The second-order valence-corrected chi connectivity index (χ2v) is 5.52. The molecule has 2 aromatic rings. The third-order valence-electron chi connectivity index (χ3n) is 3.79. The van der Waals surface area contributed by atoms with Crippen molar-refractivity contribution >= 4 is 0 Å². The van der Waals surface area contributed by atoms with Crippen LogP contribution in [-0.2, 0) is 11.3 Å². The monoisotopic (exact) mass is 342 g/mol. The van der Waals surface area contributed by atoms with Crippen molar-refractivity contribution in [2.75, 3.05) is 6.61 Å². The largest absolute Gasteiger partial charge is 0.573 e. The Morgan fingerprint density at radius 1 is 1.25 bits per heavy atom. The van der Waals surface area contributed by atoms with Gasteiger partial charge in [-0.3, -0.25) is 0 Å². The number of alkyl halides is 3. The molecular weight excluding hydrogens is 325 g/mol. The summed E-state index contributed by atoms with van der Waals surface area (Å²) in [6.07, 6.45) is -2.10. The van der Waals surface area contributed by atoms with Crippen molar-refractivity contribution in [2.24, 2.45) is 0 Å². The number of aromatic nitrogens is 2. The van der Waals surface area contributed by atoms with Gasteiger partial charge in [0.1, 0.15) is 5.75 Å². The third kappa shape index (κ3) is 3.88. The van der Waals surface area contributed by atoms with Gasteiger partial charge in [0.25, 0.3) is 0 Å². The van der Waals surface area contributed by atoms with Gasteiger partial charge in [-0.2, -0.15) is 5.10 Å². The minimum Gasteiger partial charge on any atom is -0.406 e. The van der Waals surface area contributed by atoms with Crippen molar-refractivity contribution in [2.45, 2.75) is 38.5 Å². The van der Waals surface area contributed by atoms with Gasteiger partial charge in [-0.05, 0) is 49.6 Å². The van der Waals surface area contributed by atoms with Gasteiger partial charge in [0.05, 0.1) is 18.0 Å². The van der Waals surface area contributed by atoms with Crippen LogP contribution < -0.4 is 4.74 Å². The summed E-state index contributed by atoms with van der Waals surface area (Å²) in [6.45, 7) is 0.455. The first-order valence-electron chi connectivity index (χ1n) is 7.63. The Morgan fingerprint density at radius 3 is 2.58 bits per heavy atom. The van der Waals surface area contributed by atoms with Gasteiger partial charge in [-0.25, -0.2) is 4.68 Å². The highest BCUT2D eigenvalue weighted by molar-refractivity contribution is 5.60. The lowest BCUT2D eigenvalue weighted by molar-refractivity contribution is -0.274. The van der Waals surface area contributed by atoms with Crippen LogP contribution in [0.4, 0.5) is 13.2 Å². The zero-order valence-electron chi connectivity index (χ0n) is 12.8. The van der Waals surface area contributed by atoms with Crippen molar-refractivity contribution in [3.63, 3.8) is 0 Å². The number of nitrogens with zero attached hydrogens (tertiary/aromatic N) is 2. The highest BCUT2D eigenvalue weighted by Crippen LogP contribution is 2.29. The van der Waals surface area contributed by atoms with Crippen molar-refractivity contribution in [1.29, 1.82) is 0 Å². The maximum Gasteiger partial charge on any atom is 0.573 e. The second kappa shape index (κ2) is 6.82. The molecule has 1 saturated heterocycles. The molecule has 1 aliphatic heterocycles. The van der Waals surface area contributed by atoms with E-state index in [9.17, 15) is 18.3 Å². The molecule has 0 amide bonds. The normalized spacial score (nSPS) is 18.6. The van der Waals surface area contributed by atoms with Crippen molar-refractivity contribution < 1.29 is 27.8 Å². The first-order valence-corrected chi connectivity index (χ1v) is 7.63. The molecule has 2 heterocycles. The summed E-state index contributed by atoms with van der Waals surface area (Å²) in [6, 6.07) is 7.17. The standard InChI is InChI=1S/C16H17F3N2O3/c17-16(18,19)24-13-6-4-11(5-7-13)14-9-12(10-22)21(20-14)15-3-1-2-8-23-15/h4-7,9,15,22H,1-3,8,10H2. The maximum absolute atomic E-state index is 12.2. The van der Waals surface area contributed by atoms with Crippen LogP contribution in [0.3, 0.4) is 0 Å². The summed E-state index contributed by atoms with van der Waals surface area (Å²) in [5, 5.41) is 14.0. The predicted octanol–water partition coefficient (Wildman–Crippen LogP) is 3.64. The number of aliphatic hydroxyl groups is 1. The molecule has 1 fully saturated rings. The minimum absolute atomic E-state index is 0.192. The predicted molar refractivity (Wildman–Crippen MR) is 79.1 cm³/mol. The number of hydrogen-bond acceptors (Lipinski definition) is 4. The number of halogens is 3. The SMILES string of the molecule is OCc1cc(-c2ccc(OC(F)(F)F)cc2)nn1C1CCCCO1. The van der Waals surface area contributed by atoms with Crippen LogP contribution in [-0.4, -0.2) is 27.9 Å². The smallest absolute Gasteiger partial charge is 0.406 e. The third-order valence-corrected chi connectivity index (χ3v) is 3.79. The molecule has 1 N–H and O–H groups in total. The van der Waals surface area contributed by atoms with E-state index in [1.807, 2.05) is 0 Å². The zero-order valence-corrected chi connectivity index (χ0v) is 12.8. The first-order chi connectivity index (χ1) is 11.5. The van der Waals surface area contributed by atoms with E-state index in [1.54, 1.807) is 10.7 Å². The lowest BCUT2D eigenvalue weighted by Crippen LogP contribution is -2.21. The lowest BCUT2D eigenvalue weighted by Gasteiger charge is -2.24. The average Bonchev–Trinajstić information content (AvgIpc) is 2.99. The molecular formula is C16H17F3N2O3. The highest BCUT2D eigenvalue weighted by atomic mass is 19.4. The van der Waals surface area contributed by atoms with Crippen molar-refractivity contribution in [3.8, 4) is 17.0 Å². The topological polar surface area (TPSA) is 56.5 Å². The highest BCUT2D eigenvalue weighted by Gasteiger charge is 2.31. The molecule has 1 atom stereocenters. The second-order valence-electron chi connectivity index (χ2n) is 5.52. The van der Waals surface area contributed by atoms with Gasteiger partial charge < -0.3 is 14.6 Å². The Kier molecular flexibility index (Phi) is 4.77. The number of ether oxygens (including phenoxy) is 2. The van der Waals surface area contributed by atoms with Gasteiger partial charge in [0, 0.05) is 12.2 Å². The molecule has 0 aliphatic carbocycles. The van der Waals surface area contributed by atoms with E-state index >= 15 is 0 Å². The van der Waals surface area contributed by atoms with Crippen LogP contribution in [0, 0.1) is 0 Å². The molecule has 130 valence electrons. The number of hydrogen-bond donors (Lipinski definition) is 1. The summed E-state index contributed by atoms with van der Waals surface area (Å²) >= 11 is 0. The Morgan fingerprint density at radius 2 is 2.00 bits per heavy atom. The number of benzene rings is 1. The fourth-order valence-electron chi connectivity index (χ4n) is 2.69. The van der Waals surface area contributed by atoms with Gasteiger partial charge in [-0.1, -0.05) is 0 Å². The van der Waals surface area contributed by atoms with E-state index in [1.165, 1.54) is 24.3 Å². The molecule has 0 radical (unpaired) electrons. The lowest BCUT2D eigenvalue weighted by atomic mass is 10.1. The van der Waals surface area contributed by atoms with Crippen molar-refractivity contribution in [1.82, 2.24) is 9.78 Å². The Balaban J connectivity index is 1.82. The molecule has 1 unspecified atom stereocenters. The summed E-state index contributed by atoms with van der Waals surface area (Å²) < 4.78 is 47.8. The molecule has 5 nitrogen and oxygen atoms in total. The molecule has 1 aromatic heterocycles. The van der Waals surface area contributed by atoms with Crippen molar-refractivity contribution in [3.05, 3.63) is 36.0 Å². The zero-order chi connectivity index (χ0) is 17.2. The minimum atomic E-state index is -4.72. The molecule has 0 spiro atoms. The maximum atomic E-state index is 12.2. The molecule has 0 saturated carbocycles. The van der Waals surface area contributed by atoms with Crippen LogP contribution in [0.5, 0.6) is 5.75 Å².